The number of sulfonamides is 1. The van der Waals surface area contributed by atoms with Crippen LogP contribution < -0.4 is 9.21 Å². The van der Waals surface area contributed by atoms with Crippen LogP contribution in [0, 0.1) is 6.92 Å². The molecule has 0 radical (unpaired) electrons. The Morgan fingerprint density at radius 1 is 1.24 bits per heavy atom. The first kappa shape index (κ1) is 17.8. The van der Waals surface area contributed by atoms with Gasteiger partial charge in [0.2, 0.25) is 15.9 Å². The van der Waals surface area contributed by atoms with Crippen LogP contribution in [0.2, 0.25) is 5.02 Å². The van der Waals surface area contributed by atoms with Crippen LogP contribution in [0.5, 0.6) is 0 Å². The molecule has 2 aromatic carbocycles. The molecule has 0 unspecified atom stereocenters. The highest BCUT2D eigenvalue weighted by Crippen LogP contribution is 2.30. The first-order chi connectivity index (χ1) is 11.8. The summed E-state index contributed by atoms with van der Waals surface area (Å²) in [6.45, 7) is 2.10. The average molecular weight is 379 g/mol. The van der Waals surface area contributed by atoms with Gasteiger partial charge in [-0.1, -0.05) is 35.9 Å². The lowest BCUT2D eigenvalue weighted by Crippen LogP contribution is -2.42. The molecule has 3 rings (SSSR count). The van der Waals surface area contributed by atoms with Gasteiger partial charge in [-0.25, -0.2) is 8.42 Å². The van der Waals surface area contributed by atoms with Crippen molar-refractivity contribution < 1.29 is 13.2 Å². The molecule has 0 aliphatic carbocycles. The fraction of sp³-hybridized carbons (Fsp3) is 0.278. The molecular formula is C18H19ClN2O3S. The third kappa shape index (κ3) is 3.65. The lowest BCUT2D eigenvalue weighted by molar-refractivity contribution is -0.117. The van der Waals surface area contributed by atoms with Crippen LogP contribution in [-0.2, 0) is 21.2 Å². The number of carbonyl (C=O) groups excluding carboxylic acids is 1. The summed E-state index contributed by atoms with van der Waals surface area (Å²) in [5.74, 6) is -0.255. The van der Waals surface area contributed by atoms with E-state index >= 15 is 0 Å². The maximum absolute atomic E-state index is 12.8. The van der Waals surface area contributed by atoms with Gasteiger partial charge in [-0.15, -0.1) is 0 Å². The number of nitrogens with zero attached hydrogens (tertiary/aromatic N) is 2. The van der Waals surface area contributed by atoms with Crippen LogP contribution in [0.3, 0.4) is 0 Å². The standard InChI is InChI=1S/C18H19ClN2O3S/c1-13-7-8-15(19)11-17(13)21(25(2,23)24)12-18(22)20-10-9-14-5-3-4-6-16(14)20/h3-8,11H,9-10,12H2,1-2H3. The second-order valence-corrected chi connectivity index (χ2v) is 8.47. The van der Waals surface area contributed by atoms with Gasteiger partial charge in [-0.3, -0.25) is 9.10 Å². The van der Waals surface area contributed by atoms with Gasteiger partial charge in [0, 0.05) is 17.3 Å². The normalized spacial score (nSPS) is 13.6. The van der Waals surface area contributed by atoms with E-state index in [1.807, 2.05) is 24.3 Å². The smallest absolute Gasteiger partial charge is 0.247 e. The van der Waals surface area contributed by atoms with E-state index in [4.69, 9.17) is 11.6 Å². The first-order valence-electron chi connectivity index (χ1n) is 7.89. The third-order valence-electron chi connectivity index (χ3n) is 4.31. The number of rotatable bonds is 4. The molecule has 25 heavy (non-hydrogen) atoms. The number of para-hydroxylation sites is 1. The van der Waals surface area contributed by atoms with Crippen LogP contribution in [0.4, 0.5) is 11.4 Å². The Balaban J connectivity index is 1.92. The number of fused-ring (bicyclic) bond motifs is 1. The lowest BCUT2D eigenvalue weighted by Gasteiger charge is -2.26. The Labute approximate surface area is 152 Å². The number of carbonyl (C=O) groups is 1. The summed E-state index contributed by atoms with van der Waals surface area (Å²) in [4.78, 5) is 14.5. The molecular weight excluding hydrogens is 360 g/mol. The van der Waals surface area contributed by atoms with E-state index in [1.165, 1.54) is 0 Å². The molecule has 0 saturated heterocycles. The van der Waals surface area contributed by atoms with Crippen LogP contribution in [0.15, 0.2) is 42.5 Å². The molecule has 0 fully saturated rings. The predicted octanol–water partition coefficient (Wildman–Crippen LogP) is 3.00. The van der Waals surface area contributed by atoms with Gasteiger partial charge in [0.05, 0.1) is 11.9 Å². The molecule has 0 saturated carbocycles. The van der Waals surface area contributed by atoms with Gasteiger partial charge in [0.15, 0.2) is 0 Å². The van der Waals surface area contributed by atoms with Crippen LogP contribution >= 0.6 is 11.6 Å². The van der Waals surface area contributed by atoms with Gasteiger partial charge in [-0.2, -0.15) is 0 Å². The van der Waals surface area contributed by atoms with Crippen LogP contribution in [0.1, 0.15) is 11.1 Å². The minimum atomic E-state index is -3.63. The molecule has 1 aliphatic heterocycles. The van der Waals surface area contributed by atoms with Crippen molar-refractivity contribution in [3.8, 4) is 0 Å². The summed E-state index contributed by atoms with van der Waals surface area (Å²) in [6, 6.07) is 12.7. The Morgan fingerprint density at radius 2 is 1.96 bits per heavy atom. The Kier molecular flexibility index (Phi) is 4.75. The Bertz CT molecular complexity index is 928. The Hall–Kier alpha value is -2.05. The number of amides is 1. The molecule has 1 aliphatic rings. The summed E-state index contributed by atoms with van der Waals surface area (Å²) >= 11 is 6.02. The fourth-order valence-corrected chi connectivity index (χ4v) is 4.10. The summed E-state index contributed by atoms with van der Waals surface area (Å²) in [6.07, 6.45) is 1.87. The highest BCUT2D eigenvalue weighted by atomic mass is 35.5. The van der Waals surface area contributed by atoms with Gasteiger partial charge in [0.25, 0.3) is 0 Å². The number of anilines is 2. The van der Waals surface area contributed by atoms with Gasteiger partial charge in [-0.05, 0) is 42.7 Å². The van der Waals surface area contributed by atoms with E-state index in [2.05, 4.69) is 0 Å². The SMILES string of the molecule is Cc1ccc(Cl)cc1N(CC(=O)N1CCc2ccccc21)S(C)(=O)=O. The molecule has 0 atom stereocenters. The van der Waals surface area contributed by atoms with Crippen molar-refractivity contribution in [3.05, 3.63) is 58.6 Å². The number of hydrogen-bond acceptors (Lipinski definition) is 3. The highest BCUT2D eigenvalue weighted by molar-refractivity contribution is 7.92. The van der Waals surface area contributed by atoms with Gasteiger partial charge >= 0.3 is 0 Å². The second kappa shape index (κ2) is 6.69. The number of halogens is 1. The third-order valence-corrected chi connectivity index (χ3v) is 5.67. The van der Waals surface area contributed by atoms with E-state index in [-0.39, 0.29) is 12.5 Å². The second-order valence-electron chi connectivity index (χ2n) is 6.12. The van der Waals surface area contributed by atoms with Gasteiger partial charge in [0.1, 0.15) is 6.54 Å². The monoisotopic (exact) mass is 378 g/mol. The summed E-state index contributed by atoms with van der Waals surface area (Å²) in [5.41, 5.74) is 3.12. The molecule has 0 N–H and O–H groups in total. The fourth-order valence-electron chi connectivity index (χ4n) is 3.04. The summed E-state index contributed by atoms with van der Waals surface area (Å²) in [7, 11) is -3.63. The lowest BCUT2D eigenvalue weighted by atomic mass is 10.2. The van der Waals surface area contributed by atoms with E-state index < -0.39 is 10.0 Å². The highest BCUT2D eigenvalue weighted by Gasteiger charge is 2.29. The number of benzene rings is 2. The zero-order valence-electron chi connectivity index (χ0n) is 14.1. The first-order valence-corrected chi connectivity index (χ1v) is 10.1. The quantitative estimate of drug-likeness (QED) is 0.821. The minimum Gasteiger partial charge on any atom is -0.310 e. The van der Waals surface area contributed by atoms with Crippen molar-refractivity contribution >= 4 is 38.9 Å². The van der Waals surface area contributed by atoms with Crippen molar-refractivity contribution in [1.29, 1.82) is 0 Å². The number of aryl methyl sites for hydroxylation is 1. The van der Waals surface area contributed by atoms with Crippen molar-refractivity contribution in [2.24, 2.45) is 0 Å². The summed E-state index contributed by atoms with van der Waals surface area (Å²) < 4.78 is 25.7. The maximum atomic E-state index is 12.8. The zero-order chi connectivity index (χ0) is 18.2. The molecule has 0 spiro atoms. The van der Waals surface area contributed by atoms with Crippen molar-refractivity contribution in [2.75, 3.05) is 28.6 Å². The van der Waals surface area contributed by atoms with Crippen LogP contribution in [-0.4, -0.2) is 33.7 Å². The van der Waals surface area contributed by atoms with Crippen LogP contribution in [0.25, 0.3) is 0 Å². The molecule has 1 amide bonds. The average Bonchev–Trinajstić information content (AvgIpc) is 2.98. The van der Waals surface area contributed by atoms with Crippen molar-refractivity contribution in [3.63, 3.8) is 0 Å². The Morgan fingerprint density at radius 3 is 2.68 bits per heavy atom. The van der Waals surface area contributed by atoms with Crippen molar-refractivity contribution in [2.45, 2.75) is 13.3 Å². The predicted molar refractivity (Wildman–Crippen MR) is 101 cm³/mol. The molecule has 7 heteroatoms. The molecule has 5 nitrogen and oxygen atoms in total. The van der Waals surface area contributed by atoms with E-state index in [0.29, 0.717) is 17.3 Å². The topological polar surface area (TPSA) is 57.7 Å². The van der Waals surface area contributed by atoms with E-state index in [0.717, 1.165) is 33.8 Å². The van der Waals surface area contributed by atoms with E-state index in [9.17, 15) is 13.2 Å². The molecule has 0 bridgehead atoms. The van der Waals surface area contributed by atoms with Gasteiger partial charge < -0.3 is 4.90 Å². The van der Waals surface area contributed by atoms with Crippen molar-refractivity contribution in [1.82, 2.24) is 0 Å². The molecule has 1 heterocycles. The minimum absolute atomic E-state index is 0.255. The molecule has 2 aromatic rings. The molecule has 132 valence electrons. The number of hydrogen-bond donors (Lipinski definition) is 0. The largest absolute Gasteiger partial charge is 0.310 e. The zero-order valence-corrected chi connectivity index (χ0v) is 15.6. The summed E-state index contributed by atoms with van der Waals surface area (Å²) in [5, 5.41) is 0.424. The maximum Gasteiger partial charge on any atom is 0.247 e. The van der Waals surface area contributed by atoms with E-state index in [1.54, 1.807) is 30.0 Å². The molecule has 0 aromatic heterocycles.